The maximum atomic E-state index is 12.5. The minimum Gasteiger partial charge on any atom is -0.287 e. The SMILES string of the molecule is O=c1nc(C2CC2)c2cc(Cl)ccc2n1Cc1ccc(Cl)cc1. The summed E-state index contributed by atoms with van der Waals surface area (Å²) in [5.41, 5.74) is 2.57. The molecule has 0 spiro atoms. The molecule has 1 aliphatic carbocycles. The molecule has 3 aromatic rings. The molecule has 1 heterocycles. The second kappa shape index (κ2) is 5.66. The Bertz CT molecular complexity index is 944. The highest BCUT2D eigenvalue weighted by molar-refractivity contribution is 6.31. The molecule has 0 bridgehead atoms. The molecule has 4 rings (SSSR count). The van der Waals surface area contributed by atoms with Crippen molar-refractivity contribution in [1.82, 2.24) is 9.55 Å². The van der Waals surface area contributed by atoms with Gasteiger partial charge in [-0.25, -0.2) is 4.79 Å². The largest absolute Gasteiger partial charge is 0.348 e. The van der Waals surface area contributed by atoms with Gasteiger partial charge in [-0.15, -0.1) is 0 Å². The highest BCUT2D eigenvalue weighted by Gasteiger charge is 2.28. The second-order valence-corrected chi connectivity index (χ2v) is 6.80. The van der Waals surface area contributed by atoms with E-state index in [1.165, 1.54) is 0 Å². The quantitative estimate of drug-likeness (QED) is 0.694. The summed E-state index contributed by atoms with van der Waals surface area (Å²) in [6.07, 6.45) is 2.19. The van der Waals surface area contributed by atoms with Crippen LogP contribution in [-0.2, 0) is 6.54 Å². The van der Waals surface area contributed by atoms with Crippen molar-refractivity contribution in [3.8, 4) is 0 Å². The first-order valence-electron chi connectivity index (χ1n) is 7.56. The van der Waals surface area contributed by atoms with E-state index in [1.807, 2.05) is 42.5 Å². The van der Waals surface area contributed by atoms with E-state index in [2.05, 4.69) is 4.98 Å². The van der Waals surface area contributed by atoms with Gasteiger partial charge in [0, 0.05) is 21.3 Å². The summed E-state index contributed by atoms with van der Waals surface area (Å²) in [4.78, 5) is 16.9. The zero-order chi connectivity index (χ0) is 16.0. The van der Waals surface area contributed by atoms with Crippen LogP contribution in [0.1, 0.15) is 30.0 Å². The van der Waals surface area contributed by atoms with Crippen LogP contribution in [0.5, 0.6) is 0 Å². The number of nitrogens with zero attached hydrogens (tertiary/aromatic N) is 2. The molecule has 2 aromatic carbocycles. The van der Waals surface area contributed by atoms with Crippen LogP contribution in [0.15, 0.2) is 47.3 Å². The standard InChI is InChI=1S/C18H14Cl2N2O/c19-13-5-1-11(2-6-13)10-22-16-8-7-14(20)9-15(16)17(12-3-4-12)21-18(22)23/h1-2,5-9,12H,3-4,10H2. The number of hydrogen-bond acceptors (Lipinski definition) is 2. The zero-order valence-corrected chi connectivity index (χ0v) is 13.8. The molecule has 0 aliphatic heterocycles. The van der Waals surface area contributed by atoms with Crippen molar-refractivity contribution in [2.45, 2.75) is 25.3 Å². The van der Waals surface area contributed by atoms with E-state index in [-0.39, 0.29) is 5.69 Å². The van der Waals surface area contributed by atoms with Gasteiger partial charge in [-0.3, -0.25) is 4.57 Å². The molecule has 1 aromatic heterocycles. The fourth-order valence-electron chi connectivity index (χ4n) is 2.87. The van der Waals surface area contributed by atoms with Crippen molar-refractivity contribution in [2.24, 2.45) is 0 Å². The van der Waals surface area contributed by atoms with E-state index in [1.54, 1.807) is 4.57 Å². The summed E-state index contributed by atoms with van der Waals surface area (Å²) in [6, 6.07) is 13.1. The lowest BCUT2D eigenvalue weighted by atomic mass is 10.1. The van der Waals surface area contributed by atoms with Gasteiger partial charge in [-0.05, 0) is 48.7 Å². The van der Waals surface area contributed by atoms with Crippen LogP contribution in [0.4, 0.5) is 0 Å². The maximum Gasteiger partial charge on any atom is 0.348 e. The maximum absolute atomic E-state index is 12.5. The summed E-state index contributed by atoms with van der Waals surface area (Å²) >= 11 is 12.1. The van der Waals surface area contributed by atoms with Crippen molar-refractivity contribution in [2.75, 3.05) is 0 Å². The summed E-state index contributed by atoms with van der Waals surface area (Å²) < 4.78 is 1.70. The lowest BCUT2D eigenvalue weighted by Crippen LogP contribution is -2.25. The smallest absolute Gasteiger partial charge is 0.287 e. The molecule has 0 amide bonds. The Balaban J connectivity index is 1.89. The van der Waals surface area contributed by atoms with Crippen molar-refractivity contribution in [3.05, 3.63) is 74.3 Å². The first-order chi connectivity index (χ1) is 11.1. The monoisotopic (exact) mass is 344 g/mol. The predicted octanol–water partition coefficient (Wildman–Crippen LogP) is 4.63. The van der Waals surface area contributed by atoms with Gasteiger partial charge in [0.15, 0.2) is 0 Å². The number of rotatable bonds is 3. The zero-order valence-electron chi connectivity index (χ0n) is 12.3. The molecular weight excluding hydrogens is 331 g/mol. The number of hydrogen-bond donors (Lipinski definition) is 0. The number of fused-ring (bicyclic) bond motifs is 1. The van der Waals surface area contributed by atoms with Crippen LogP contribution in [0, 0.1) is 0 Å². The number of benzene rings is 2. The van der Waals surface area contributed by atoms with Crippen LogP contribution in [0.3, 0.4) is 0 Å². The molecular formula is C18H14Cl2N2O. The highest BCUT2D eigenvalue weighted by atomic mass is 35.5. The normalized spacial score (nSPS) is 14.3. The molecule has 0 N–H and O–H groups in total. The highest BCUT2D eigenvalue weighted by Crippen LogP contribution is 2.41. The number of aromatic nitrogens is 2. The van der Waals surface area contributed by atoms with E-state index in [9.17, 15) is 4.79 Å². The average Bonchev–Trinajstić information content (AvgIpc) is 3.36. The van der Waals surface area contributed by atoms with Crippen molar-refractivity contribution < 1.29 is 0 Å². The van der Waals surface area contributed by atoms with E-state index < -0.39 is 0 Å². The first-order valence-corrected chi connectivity index (χ1v) is 8.32. The second-order valence-electron chi connectivity index (χ2n) is 5.93. The Morgan fingerprint density at radius 3 is 2.43 bits per heavy atom. The van der Waals surface area contributed by atoms with Gasteiger partial charge in [-0.1, -0.05) is 35.3 Å². The molecule has 3 nitrogen and oxygen atoms in total. The molecule has 5 heteroatoms. The van der Waals surface area contributed by atoms with E-state index in [0.717, 1.165) is 35.0 Å². The topological polar surface area (TPSA) is 34.9 Å². The van der Waals surface area contributed by atoms with Gasteiger partial charge in [0.1, 0.15) is 0 Å². The van der Waals surface area contributed by atoms with E-state index in [0.29, 0.717) is 22.5 Å². The fourth-order valence-corrected chi connectivity index (χ4v) is 3.17. The minimum atomic E-state index is -0.211. The Labute approximate surface area is 143 Å². The molecule has 23 heavy (non-hydrogen) atoms. The summed E-state index contributed by atoms with van der Waals surface area (Å²) in [5.74, 6) is 0.397. The van der Waals surface area contributed by atoms with E-state index in [4.69, 9.17) is 23.2 Å². The van der Waals surface area contributed by atoms with Gasteiger partial charge < -0.3 is 0 Å². The average molecular weight is 345 g/mol. The van der Waals surface area contributed by atoms with Crippen LogP contribution >= 0.6 is 23.2 Å². The molecule has 0 unspecified atom stereocenters. The molecule has 0 atom stereocenters. The van der Waals surface area contributed by atoms with Gasteiger partial charge in [0.2, 0.25) is 0 Å². The van der Waals surface area contributed by atoms with Crippen LogP contribution < -0.4 is 5.69 Å². The molecule has 116 valence electrons. The van der Waals surface area contributed by atoms with Gasteiger partial charge in [0.05, 0.1) is 17.8 Å². The molecule has 1 aliphatic rings. The van der Waals surface area contributed by atoms with Crippen molar-refractivity contribution >= 4 is 34.1 Å². The van der Waals surface area contributed by atoms with Crippen LogP contribution in [-0.4, -0.2) is 9.55 Å². The summed E-state index contributed by atoms with van der Waals surface area (Å²) in [6.45, 7) is 0.464. The van der Waals surface area contributed by atoms with Crippen LogP contribution in [0.25, 0.3) is 10.9 Å². The third-order valence-corrected chi connectivity index (χ3v) is 4.68. The van der Waals surface area contributed by atoms with Crippen molar-refractivity contribution in [3.63, 3.8) is 0 Å². The third-order valence-electron chi connectivity index (χ3n) is 4.19. The lowest BCUT2D eigenvalue weighted by molar-refractivity contribution is 0.750. The Morgan fingerprint density at radius 2 is 1.74 bits per heavy atom. The van der Waals surface area contributed by atoms with Crippen LogP contribution in [0.2, 0.25) is 10.0 Å². The minimum absolute atomic E-state index is 0.211. The van der Waals surface area contributed by atoms with E-state index >= 15 is 0 Å². The van der Waals surface area contributed by atoms with Gasteiger partial charge in [0.25, 0.3) is 0 Å². The van der Waals surface area contributed by atoms with Gasteiger partial charge in [-0.2, -0.15) is 4.98 Å². The Hall–Kier alpha value is -1.84. The molecule has 1 saturated carbocycles. The fraction of sp³-hybridized carbons (Fsp3) is 0.222. The van der Waals surface area contributed by atoms with Gasteiger partial charge >= 0.3 is 5.69 Å². The Kier molecular flexibility index (Phi) is 3.63. The molecule has 0 radical (unpaired) electrons. The number of halogens is 2. The summed E-state index contributed by atoms with van der Waals surface area (Å²) in [7, 11) is 0. The molecule has 1 fully saturated rings. The predicted molar refractivity (Wildman–Crippen MR) is 93.5 cm³/mol. The molecule has 0 saturated heterocycles. The summed E-state index contributed by atoms with van der Waals surface area (Å²) in [5, 5.41) is 2.33. The van der Waals surface area contributed by atoms with Crippen molar-refractivity contribution in [1.29, 1.82) is 0 Å². The lowest BCUT2D eigenvalue weighted by Gasteiger charge is -2.13. The third kappa shape index (κ3) is 2.87. The first kappa shape index (κ1) is 14.7. The Morgan fingerprint density at radius 1 is 1.04 bits per heavy atom.